The van der Waals surface area contributed by atoms with Crippen molar-refractivity contribution in [1.29, 1.82) is 0 Å². The summed E-state index contributed by atoms with van der Waals surface area (Å²) in [4.78, 5) is 43.5. The van der Waals surface area contributed by atoms with Crippen LogP contribution in [0.4, 0.5) is 15.3 Å². The van der Waals surface area contributed by atoms with Crippen LogP contribution in [-0.4, -0.2) is 107 Å². The van der Waals surface area contributed by atoms with Crippen molar-refractivity contribution in [3.63, 3.8) is 0 Å². The quantitative estimate of drug-likeness (QED) is 0.265. The van der Waals surface area contributed by atoms with Crippen LogP contribution in [0, 0.1) is 5.92 Å². The first kappa shape index (κ1) is 41.0. The number of nitrogens with one attached hydrogen (secondary N) is 1. The third-order valence-corrected chi connectivity index (χ3v) is 12.8. The summed E-state index contributed by atoms with van der Waals surface area (Å²) in [7, 11) is 2.11. The molecular weight excluding hydrogens is 741 g/mol. The third-order valence-electron chi connectivity index (χ3n) is 12.8. The minimum atomic E-state index is -0.584. The van der Waals surface area contributed by atoms with Gasteiger partial charge in [0.05, 0.1) is 25.0 Å². The van der Waals surface area contributed by atoms with Crippen molar-refractivity contribution in [2.45, 2.75) is 122 Å². The summed E-state index contributed by atoms with van der Waals surface area (Å²) >= 11 is 0. The average Bonchev–Trinajstić information content (AvgIpc) is 3.80. The van der Waals surface area contributed by atoms with Crippen LogP contribution in [0.2, 0.25) is 0 Å². The number of hydrogen-bond acceptors (Lipinski definition) is 9. The summed E-state index contributed by atoms with van der Waals surface area (Å²) in [5, 5.41) is 3.73. The highest BCUT2D eigenvalue weighted by molar-refractivity contribution is 6.07. The molecule has 4 atom stereocenters. The monoisotopic (exact) mass is 802 g/mol. The van der Waals surface area contributed by atoms with E-state index in [1.165, 1.54) is 0 Å². The summed E-state index contributed by atoms with van der Waals surface area (Å²) < 4.78 is 17.5. The summed E-state index contributed by atoms with van der Waals surface area (Å²) in [6.07, 6.45) is 3.83. The number of benzene rings is 3. The molecule has 8 rings (SSSR count). The van der Waals surface area contributed by atoms with E-state index in [-0.39, 0.29) is 24.4 Å². The fourth-order valence-electron chi connectivity index (χ4n) is 9.68. The van der Waals surface area contributed by atoms with Crippen LogP contribution >= 0.6 is 0 Å². The van der Waals surface area contributed by atoms with E-state index in [1.54, 1.807) is 0 Å². The Morgan fingerprint density at radius 2 is 1.42 bits per heavy atom. The molecule has 5 aliphatic rings. The number of fused-ring (bicyclic) bond motifs is 2. The second-order valence-corrected chi connectivity index (χ2v) is 19.3. The van der Waals surface area contributed by atoms with E-state index < -0.39 is 22.3 Å². The number of likely N-dealkylation sites (N-methyl/N-ethyl adjacent to an activating group) is 1. The molecule has 0 aromatic heterocycles. The van der Waals surface area contributed by atoms with E-state index in [0.717, 1.165) is 89.3 Å². The normalized spacial score (nSPS) is 25.5. The van der Waals surface area contributed by atoms with Gasteiger partial charge >= 0.3 is 12.2 Å². The van der Waals surface area contributed by atoms with E-state index >= 15 is 0 Å². The molecule has 314 valence electrons. The number of aliphatic imine (C=N–C) groups is 2. The standard InChI is InChI=1S/C48H62N6O5/c1-10-48(24-12-26-54(48)44(56)59-46(6,7)8)42-50-38-27-36(22-23-37(38)47(51-42)29-57-30-47)34-16-14-32(15-17-34)33-18-20-35(21-19-33)39-28-52(9)41(49-39)40-31(2)13-11-25-53(40)43(55)58-45(3,4)5/h14-23,27,31,40-41H,10-13,24-26,28-30H2,1-9H3,(H,50,51). The average molecular weight is 803 g/mol. The molecule has 3 aromatic carbocycles. The predicted octanol–water partition coefficient (Wildman–Crippen LogP) is 9.35. The third kappa shape index (κ3) is 7.88. The van der Waals surface area contributed by atoms with Gasteiger partial charge in [-0.25, -0.2) is 9.59 Å². The van der Waals surface area contributed by atoms with E-state index in [1.807, 2.05) is 51.3 Å². The Kier molecular flexibility index (Phi) is 10.7. The van der Waals surface area contributed by atoms with Crippen LogP contribution in [0.3, 0.4) is 0 Å². The van der Waals surface area contributed by atoms with Crippen LogP contribution in [0.1, 0.15) is 98.6 Å². The Hall–Kier alpha value is -4.74. The molecule has 3 fully saturated rings. The largest absolute Gasteiger partial charge is 0.444 e. The van der Waals surface area contributed by atoms with Gasteiger partial charge < -0.3 is 24.4 Å². The van der Waals surface area contributed by atoms with Gasteiger partial charge in [0.1, 0.15) is 34.3 Å². The minimum absolute atomic E-state index is 0.0388. The summed E-state index contributed by atoms with van der Waals surface area (Å²) in [5.41, 5.74) is 6.60. The van der Waals surface area contributed by atoms with Crippen molar-refractivity contribution in [1.82, 2.24) is 14.7 Å². The van der Waals surface area contributed by atoms with Gasteiger partial charge in [-0.15, -0.1) is 0 Å². The predicted molar refractivity (Wildman–Crippen MR) is 234 cm³/mol. The number of ether oxygens (including phenoxy) is 3. The first-order valence-corrected chi connectivity index (χ1v) is 21.6. The van der Waals surface area contributed by atoms with Crippen molar-refractivity contribution in [2.24, 2.45) is 15.9 Å². The van der Waals surface area contributed by atoms with Crippen LogP contribution in [0.15, 0.2) is 76.7 Å². The maximum Gasteiger partial charge on any atom is 0.411 e. The molecule has 2 amide bonds. The zero-order valence-electron chi connectivity index (χ0n) is 36.4. The fourth-order valence-corrected chi connectivity index (χ4v) is 9.68. The van der Waals surface area contributed by atoms with Crippen LogP contribution < -0.4 is 5.32 Å². The fraction of sp³-hybridized carbons (Fsp3) is 0.542. The summed E-state index contributed by atoms with van der Waals surface area (Å²) in [6, 6.07) is 24.0. The highest BCUT2D eigenvalue weighted by atomic mass is 16.6. The number of anilines is 1. The highest BCUT2D eigenvalue weighted by Gasteiger charge is 2.53. The number of piperidine rings is 1. The van der Waals surface area contributed by atoms with Crippen molar-refractivity contribution >= 4 is 29.4 Å². The Morgan fingerprint density at radius 3 is 2.02 bits per heavy atom. The van der Waals surface area contributed by atoms with Gasteiger partial charge in [0.25, 0.3) is 0 Å². The van der Waals surface area contributed by atoms with E-state index in [9.17, 15) is 9.59 Å². The number of hydrogen-bond donors (Lipinski definition) is 1. The van der Waals surface area contributed by atoms with Crippen LogP contribution in [-0.2, 0) is 19.7 Å². The van der Waals surface area contributed by atoms with E-state index in [4.69, 9.17) is 24.2 Å². The lowest BCUT2D eigenvalue weighted by molar-refractivity contribution is -0.0562. The molecule has 11 heteroatoms. The smallest absolute Gasteiger partial charge is 0.411 e. The number of rotatable bonds is 6. The molecule has 1 N–H and O–H groups in total. The van der Waals surface area contributed by atoms with Crippen LogP contribution in [0.5, 0.6) is 0 Å². The van der Waals surface area contributed by atoms with Crippen molar-refractivity contribution < 1.29 is 23.8 Å². The lowest BCUT2D eigenvalue weighted by Crippen LogP contribution is -2.59. The minimum Gasteiger partial charge on any atom is -0.444 e. The first-order valence-electron chi connectivity index (χ1n) is 21.6. The number of carbonyl (C=O) groups is 2. The van der Waals surface area contributed by atoms with Gasteiger partial charge in [-0.3, -0.25) is 19.8 Å². The maximum absolute atomic E-state index is 13.5. The lowest BCUT2D eigenvalue weighted by atomic mass is 9.82. The summed E-state index contributed by atoms with van der Waals surface area (Å²) in [5.74, 6) is 1.14. The Morgan fingerprint density at radius 1 is 0.831 bits per heavy atom. The zero-order valence-corrected chi connectivity index (χ0v) is 36.4. The molecule has 5 aliphatic heterocycles. The molecule has 1 spiro atoms. The molecule has 3 saturated heterocycles. The van der Waals surface area contributed by atoms with Gasteiger partial charge in [-0.2, -0.15) is 0 Å². The molecule has 5 heterocycles. The van der Waals surface area contributed by atoms with E-state index in [2.05, 4.69) is 97.8 Å². The number of likely N-dealkylation sites (tertiary alicyclic amines) is 2. The van der Waals surface area contributed by atoms with Gasteiger partial charge in [0.15, 0.2) is 0 Å². The van der Waals surface area contributed by atoms with Gasteiger partial charge in [0.2, 0.25) is 0 Å². The van der Waals surface area contributed by atoms with Crippen LogP contribution in [0.25, 0.3) is 22.3 Å². The molecular formula is C48H62N6O5. The molecule has 0 saturated carbocycles. The van der Waals surface area contributed by atoms with Crippen molar-refractivity contribution in [2.75, 3.05) is 45.2 Å². The van der Waals surface area contributed by atoms with Crippen molar-refractivity contribution in [3.05, 3.63) is 77.9 Å². The maximum atomic E-state index is 13.5. The number of amidine groups is 1. The molecule has 11 nitrogen and oxygen atoms in total. The molecule has 3 aromatic rings. The van der Waals surface area contributed by atoms with Gasteiger partial charge in [-0.05, 0) is 120 Å². The lowest BCUT2D eigenvalue weighted by Gasteiger charge is -2.47. The Balaban J connectivity index is 0.993. The Labute approximate surface area is 350 Å². The number of amides is 2. The summed E-state index contributed by atoms with van der Waals surface area (Å²) in [6.45, 7) is 18.9. The molecule has 0 radical (unpaired) electrons. The van der Waals surface area contributed by atoms with Crippen molar-refractivity contribution in [3.8, 4) is 22.3 Å². The second kappa shape index (κ2) is 15.4. The van der Waals surface area contributed by atoms with Gasteiger partial charge in [0, 0.05) is 30.9 Å². The Bertz CT molecular complexity index is 2130. The SMILES string of the molecule is CCC1(C2=NC3(COC3)c3ccc(-c4ccc(-c5ccc(C6=NC(C7C(C)CCCN7C(=O)OC(C)(C)C)N(C)C6)cc5)cc4)cc3N2)CCCN1C(=O)OC(C)(C)C. The highest BCUT2D eigenvalue weighted by Crippen LogP contribution is 2.46. The zero-order chi connectivity index (χ0) is 41.9. The second-order valence-electron chi connectivity index (χ2n) is 19.3. The van der Waals surface area contributed by atoms with Gasteiger partial charge in [-0.1, -0.05) is 74.5 Å². The first-order chi connectivity index (χ1) is 28.0. The van der Waals surface area contributed by atoms with E-state index in [0.29, 0.717) is 32.2 Å². The number of nitrogens with zero attached hydrogens (tertiary/aromatic N) is 5. The molecule has 0 aliphatic carbocycles. The molecule has 4 unspecified atom stereocenters. The molecule has 59 heavy (non-hydrogen) atoms. The topological polar surface area (TPSA) is 108 Å². The number of carbonyl (C=O) groups excluding carboxylic acids is 2. The molecule has 0 bridgehead atoms.